The molecular weight excluding hydrogens is 172 g/mol. The second kappa shape index (κ2) is 5.16. The van der Waals surface area contributed by atoms with Crippen molar-refractivity contribution in [2.24, 2.45) is 10.8 Å². The van der Waals surface area contributed by atoms with Gasteiger partial charge in [0.25, 0.3) is 0 Å². The third-order valence-electron chi connectivity index (χ3n) is 2.05. The Labute approximate surface area is 90.2 Å². The van der Waals surface area contributed by atoms with E-state index in [1.54, 1.807) is 0 Å². The van der Waals surface area contributed by atoms with E-state index in [-0.39, 0.29) is 5.41 Å². The van der Waals surface area contributed by atoms with E-state index >= 15 is 0 Å². The molecule has 0 aromatic carbocycles. The molecule has 0 aliphatic rings. The van der Waals surface area contributed by atoms with Gasteiger partial charge in [0.1, 0.15) is 0 Å². The summed E-state index contributed by atoms with van der Waals surface area (Å²) >= 11 is 0. The van der Waals surface area contributed by atoms with Crippen LogP contribution in [0.5, 0.6) is 0 Å². The summed E-state index contributed by atoms with van der Waals surface area (Å²) in [6, 6.07) is 0. The average molecular weight is 200 g/mol. The fourth-order valence-corrected chi connectivity index (χ4v) is 1.37. The van der Waals surface area contributed by atoms with Crippen LogP contribution in [0.25, 0.3) is 0 Å². The zero-order valence-electron chi connectivity index (χ0n) is 11.1. The van der Waals surface area contributed by atoms with Crippen LogP contribution in [-0.4, -0.2) is 12.7 Å². The van der Waals surface area contributed by atoms with Gasteiger partial charge in [-0.15, -0.1) is 0 Å². The molecule has 0 spiro atoms. The van der Waals surface area contributed by atoms with Crippen molar-refractivity contribution in [3.63, 3.8) is 0 Å². The van der Waals surface area contributed by atoms with Crippen LogP contribution < -0.4 is 0 Å². The third-order valence-corrected chi connectivity index (χ3v) is 2.05. The minimum Gasteiger partial charge on any atom is -0.378 e. The molecule has 0 aliphatic heterocycles. The highest BCUT2D eigenvalue weighted by Crippen LogP contribution is 2.25. The summed E-state index contributed by atoms with van der Waals surface area (Å²) in [5.74, 6) is 0. The van der Waals surface area contributed by atoms with Gasteiger partial charge in [0.05, 0.1) is 12.7 Å². The molecule has 0 aromatic rings. The van der Waals surface area contributed by atoms with Gasteiger partial charge >= 0.3 is 0 Å². The topological polar surface area (TPSA) is 9.23 Å². The van der Waals surface area contributed by atoms with Gasteiger partial charge in [-0.1, -0.05) is 48.5 Å². The molecule has 0 bridgehead atoms. The van der Waals surface area contributed by atoms with E-state index in [4.69, 9.17) is 4.74 Å². The summed E-state index contributed by atoms with van der Waals surface area (Å²) in [4.78, 5) is 0. The zero-order chi connectivity index (χ0) is 11.4. The van der Waals surface area contributed by atoms with Crippen molar-refractivity contribution in [2.75, 3.05) is 6.61 Å². The number of hydrogen-bond donors (Lipinski definition) is 0. The smallest absolute Gasteiger partial charge is 0.0577 e. The Kier molecular flexibility index (Phi) is 5.14. The second-order valence-electron chi connectivity index (χ2n) is 6.67. The first-order chi connectivity index (χ1) is 6.14. The molecule has 1 unspecified atom stereocenters. The molecule has 0 saturated carbocycles. The molecule has 14 heavy (non-hydrogen) atoms. The van der Waals surface area contributed by atoms with Crippen LogP contribution in [0.15, 0.2) is 0 Å². The first-order valence-electron chi connectivity index (χ1n) is 5.76. The lowest BCUT2D eigenvalue weighted by Crippen LogP contribution is -2.25. The zero-order valence-corrected chi connectivity index (χ0v) is 11.1. The summed E-state index contributed by atoms with van der Waals surface area (Å²) < 4.78 is 5.93. The number of ether oxygens (including phenoxy) is 1. The first-order valence-corrected chi connectivity index (χ1v) is 5.76. The van der Waals surface area contributed by atoms with Crippen molar-refractivity contribution >= 4 is 0 Å². The highest BCUT2D eigenvalue weighted by atomic mass is 16.5. The average Bonchev–Trinajstić information content (AvgIpc) is 1.94. The van der Waals surface area contributed by atoms with Crippen molar-refractivity contribution in [1.82, 2.24) is 0 Å². The molecular formula is C13H28O. The lowest BCUT2D eigenvalue weighted by Gasteiger charge is -2.28. The molecule has 1 atom stereocenters. The maximum absolute atomic E-state index is 5.93. The van der Waals surface area contributed by atoms with Crippen molar-refractivity contribution in [1.29, 1.82) is 0 Å². The largest absolute Gasteiger partial charge is 0.378 e. The predicted octanol–water partition coefficient (Wildman–Crippen LogP) is 4.26. The second-order valence-corrected chi connectivity index (χ2v) is 6.67. The van der Waals surface area contributed by atoms with Gasteiger partial charge in [-0.3, -0.25) is 0 Å². The lowest BCUT2D eigenvalue weighted by molar-refractivity contribution is -0.0128. The Hall–Kier alpha value is -0.0400. The standard InChI is InChI=1S/C13H28O/c1-8-11(9-12(2,3)4)14-10-13(5,6)7/h11H,8-10H2,1-7H3. The van der Waals surface area contributed by atoms with Crippen LogP contribution in [0.2, 0.25) is 0 Å². The van der Waals surface area contributed by atoms with E-state index in [1.165, 1.54) is 0 Å². The normalized spacial score (nSPS) is 15.6. The molecule has 0 aliphatic carbocycles. The molecule has 0 aromatic heterocycles. The van der Waals surface area contributed by atoms with E-state index in [9.17, 15) is 0 Å². The van der Waals surface area contributed by atoms with Gasteiger partial charge in [0.15, 0.2) is 0 Å². The first kappa shape index (κ1) is 14.0. The van der Waals surface area contributed by atoms with E-state index in [0.717, 1.165) is 19.4 Å². The molecule has 0 saturated heterocycles. The minimum absolute atomic E-state index is 0.283. The van der Waals surface area contributed by atoms with Crippen molar-refractivity contribution in [2.45, 2.75) is 67.4 Å². The van der Waals surface area contributed by atoms with Gasteiger partial charge in [-0.2, -0.15) is 0 Å². The Morgan fingerprint density at radius 3 is 1.71 bits per heavy atom. The lowest BCUT2D eigenvalue weighted by atomic mass is 9.88. The molecule has 1 heteroatoms. The molecule has 0 fully saturated rings. The third kappa shape index (κ3) is 8.55. The summed E-state index contributed by atoms with van der Waals surface area (Å²) in [7, 11) is 0. The Bertz CT molecular complexity index is 148. The highest BCUT2D eigenvalue weighted by Gasteiger charge is 2.20. The Morgan fingerprint density at radius 2 is 1.43 bits per heavy atom. The van der Waals surface area contributed by atoms with Gasteiger partial charge in [-0.25, -0.2) is 0 Å². The van der Waals surface area contributed by atoms with E-state index in [2.05, 4.69) is 48.5 Å². The minimum atomic E-state index is 0.283. The molecule has 86 valence electrons. The van der Waals surface area contributed by atoms with Crippen molar-refractivity contribution < 1.29 is 4.74 Å². The van der Waals surface area contributed by atoms with Gasteiger partial charge in [0.2, 0.25) is 0 Å². The van der Waals surface area contributed by atoms with Crippen LogP contribution in [0.1, 0.15) is 61.3 Å². The van der Waals surface area contributed by atoms with E-state index in [1.807, 2.05) is 0 Å². The monoisotopic (exact) mass is 200 g/mol. The summed E-state index contributed by atoms with van der Waals surface area (Å²) in [6.07, 6.45) is 2.70. The molecule has 0 radical (unpaired) electrons. The Morgan fingerprint density at radius 1 is 0.929 bits per heavy atom. The summed E-state index contributed by atoms with van der Waals surface area (Å²) in [5.41, 5.74) is 0.657. The Balaban J connectivity index is 3.93. The summed E-state index contributed by atoms with van der Waals surface area (Å²) in [5, 5.41) is 0. The van der Waals surface area contributed by atoms with Gasteiger partial charge < -0.3 is 4.74 Å². The SMILES string of the molecule is CCC(CC(C)(C)C)OCC(C)(C)C. The fourth-order valence-electron chi connectivity index (χ4n) is 1.37. The molecule has 0 N–H and O–H groups in total. The van der Waals surface area contributed by atoms with Crippen molar-refractivity contribution in [3.05, 3.63) is 0 Å². The van der Waals surface area contributed by atoms with Crippen LogP contribution in [0, 0.1) is 10.8 Å². The van der Waals surface area contributed by atoms with Gasteiger partial charge in [0, 0.05) is 0 Å². The number of rotatable bonds is 4. The van der Waals surface area contributed by atoms with Crippen LogP contribution >= 0.6 is 0 Å². The maximum Gasteiger partial charge on any atom is 0.0577 e. The summed E-state index contributed by atoms with van der Waals surface area (Å²) in [6.45, 7) is 16.5. The number of hydrogen-bond acceptors (Lipinski definition) is 1. The van der Waals surface area contributed by atoms with Crippen LogP contribution in [0.4, 0.5) is 0 Å². The quantitative estimate of drug-likeness (QED) is 0.658. The molecule has 0 heterocycles. The predicted molar refractivity (Wildman–Crippen MR) is 63.6 cm³/mol. The molecule has 0 amide bonds. The molecule has 0 rings (SSSR count). The van der Waals surface area contributed by atoms with Crippen molar-refractivity contribution in [3.8, 4) is 0 Å². The highest BCUT2D eigenvalue weighted by molar-refractivity contribution is 4.70. The van der Waals surface area contributed by atoms with E-state index < -0.39 is 0 Å². The van der Waals surface area contributed by atoms with E-state index in [0.29, 0.717) is 11.5 Å². The fraction of sp³-hybridized carbons (Fsp3) is 1.00. The maximum atomic E-state index is 5.93. The van der Waals surface area contributed by atoms with Crippen LogP contribution in [-0.2, 0) is 4.74 Å². The molecule has 1 nitrogen and oxygen atoms in total. The van der Waals surface area contributed by atoms with Crippen LogP contribution in [0.3, 0.4) is 0 Å². The van der Waals surface area contributed by atoms with Gasteiger partial charge in [-0.05, 0) is 23.7 Å².